The first-order chi connectivity index (χ1) is 16.7. The Balaban J connectivity index is 1.36. The highest BCUT2D eigenvalue weighted by Crippen LogP contribution is 2.24. The Morgan fingerprint density at radius 3 is 2.59 bits per heavy atom. The molecule has 0 spiro atoms. The molecular weight excluding hydrogens is 454 g/mol. The summed E-state index contributed by atoms with van der Waals surface area (Å²) in [4.78, 5) is 36.4. The summed E-state index contributed by atoms with van der Waals surface area (Å²) >= 11 is 1.39. The van der Waals surface area contributed by atoms with Gasteiger partial charge in [-0.05, 0) is 29.8 Å². The second kappa shape index (κ2) is 11.7. The van der Waals surface area contributed by atoms with Crippen LogP contribution in [0.3, 0.4) is 0 Å². The molecular formula is C24H23N5O4S. The van der Waals surface area contributed by atoms with E-state index >= 15 is 0 Å². The van der Waals surface area contributed by atoms with Crippen molar-refractivity contribution < 1.29 is 19.1 Å². The summed E-state index contributed by atoms with van der Waals surface area (Å²) in [7, 11) is 0. The van der Waals surface area contributed by atoms with Crippen LogP contribution in [0.4, 0.5) is 5.69 Å². The Kier molecular flexibility index (Phi) is 7.99. The number of hydrogen-bond donors (Lipinski definition) is 3. The molecule has 2 heterocycles. The summed E-state index contributed by atoms with van der Waals surface area (Å²) in [5.41, 5.74) is 2.11. The van der Waals surface area contributed by atoms with Crippen LogP contribution in [0.15, 0.2) is 78.7 Å². The smallest absolute Gasteiger partial charge is 0.278 e. The zero-order chi connectivity index (χ0) is 23.6. The van der Waals surface area contributed by atoms with Crippen LogP contribution in [0.1, 0.15) is 11.3 Å². The Morgan fingerprint density at radius 2 is 1.88 bits per heavy atom. The molecule has 0 saturated carbocycles. The quantitative estimate of drug-likeness (QED) is 0.304. The molecule has 10 heteroatoms. The van der Waals surface area contributed by atoms with E-state index in [1.165, 1.54) is 17.7 Å². The van der Waals surface area contributed by atoms with Gasteiger partial charge in [0.2, 0.25) is 11.8 Å². The lowest BCUT2D eigenvalue weighted by Gasteiger charge is -2.19. The highest BCUT2D eigenvalue weighted by Gasteiger charge is 2.22. The molecule has 2 amide bonds. The number of rotatable bonds is 11. The van der Waals surface area contributed by atoms with Gasteiger partial charge in [-0.3, -0.25) is 9.59 Å². The fourth-order valence-electron chi connectivity index (χ4n) is 3.05. The van der Waals surface area contributed by atoms with E-state index < -0.39 is 11.9 Å². The molecule has 0 aliphatic carbocycles. The van der Waals surface area contributed by atoms with Gasteiger partial charge < -0.3 is 25.1 Å². The topological polar surface area (TPSA) is 118 Å². The number of carbonyl (C=O) groups excluding carboxylic acids is 2. The first kappa shape index (κ1) is 23.1. The van der Waals surface area contributed by atoms with E-state index in [2.05, 4.69) is 25.6 Å². The number of imidazole rings is 1. The molecule has 0 radical (unpaired) electrons. The Morgan fingerprint density at radius 1 is 1.06 bits per heavy atom. The molecule has 0 bridgehead atoms. The second-order valence-corrected chi connectivity index (χ2v) is 8.13. The second-order valence-electron chi connectivity index (χ2n) is 7.27. The molecule has 0 aliphatic rings. The Hall–Kier alpha value is -4.02. The van der Waals surface area contributed by atoms with Crippen LogP contribution in [0.25, 0.3) is 0 Å². The number of aromatic nitrogens is 3. The van der Waals surface area contributed by atoms with Gasteiger partial charge in [0.1, 0.15) is 11.8 Å². The zero-order valence-electron chi connectivity index (χ0n) is 18.1. The lowest BCUT2D eigenvalue weighted by Crippen LogP contribution is -2.47. The van der Waals surface area contributed by atoms with Gasteiger partial charge in [0.05, 0.1) is 31.7 Å². The molecule has 174 valence electrons. The SMILES string of the molecule is O=C(Cc1c[nH]cn1)NC(COCc1ccccc1)C(=O)Nc1ccc(Oc2nccs2)cc1. The largest absolute Gasteiger partial charge is 0.431 e. The summed E-state index contributed by atoms with van der Waals surface area (Å²) in [6, 6.07) is 15.6. The van der Waals surface area contributed by atoms with Crippen LogP contribution < -0.4 is 15.4 Å². The van der Waals surface area contributed by atoms with E-state index in [0.717, 1.165) is 5.56 Å². The van der Waals surface area contributed by atoms with Crippen LogP contribution in [-0.4, -0.2) is 39.4 Å². The van der Waals surface area contributed by atoms with Gasteiger partial charge in [0.25, 0.3) is 5.19 Å². The first-order valence-corrected chi connectivity index (χ1v) is 11.4. The number of nitrogens with one attached hydrogen (secondary N) is 3. The van der Waals surface area contributed by atoms with Gasteiger partial charge in [-0.1, -0.05) is 41.7 Å². The van der Waals surface area contributed by atoms with E-state index in [0.29, 0.717) is 28.9 Å². The molecule has 2 aromatic carbocycles. The first-order valence-electron chi connectivity index (χ1n) is 10.5. The lowest BCUT2D eigenvalue weighted by atomic mass is 10.2. The van der Waals surface area contributed by atoms with E-state index in [9.17, 15) is 9.59 Å². The fourth-order valence-corrected chi connectivity index (χ4v) is 3.55. The van der Waals surface area contributed by atoms with Gasteiger partial charge in [-0.2, -0.15) is 0 Å². The number of aromatic amines is 1. The van der Waals surface area contributed by atoms with E-state index in [1.54, 1.807) is 36.7 Å². The number of thiazole rings is 1. The van der Waals surface area contributed by atoms with Crippen LogP contribution in [0.5, 0.6) is 10.9 Å². The van der Waals surface area contributed by atoms with Crippen molar-refractivity contribution >= 4 is 28.8 Å². The maximum Gasteiger partial charge on any atom is 0.278 e. The van der Waals surface area contributed by atoms with Gasteiger partial charge in [0, 0.05) is 23.5 Å². The predicted molar refractivity (Wildman–Crippen MR) is 128 cm³/mol. The van der Waals surface area contributed by atoms with Crippen molar-refractivity contribution in [3.63, 3.8) is 0 Å². The van der Waals surface area contributed by atoms with Gasteiger partial charge >= 0.3 is 0 Å². The molecule has 4 aromatic rings. The van der Waals surface area contributed by atoms with Crippen molar-refractivity contribution in [2.75, 3.05) is 11.9 Å². The molecule has 1 unspecified atom stereocenters. The number of carbonyl (C=O) groups is 2. The van der Waals surface area contributed by atoms with Crippen LogP contribution in [0.2, 0.25) is 0 Å². The monoisotopic (exact) mass is 477 g/mol. The molecule has 9 nitrogen and oxygen atoms in total. The average Bonchev–Trinajstić information content (AvgIpc) is 3.55. The summed E-state index contributed by atoms with van der Waals surface area (Å²) in [6.45, 7) is 0.334. The van der Waals surface area contributed by atoms with Gasteiger partial charge in [-0.15, -0.1) is 0 Å². The number of ether oxygens (including phenoxy) is 2. The van der Waals surface area contributed by atoms with Crippen LogP contribution >= 0.6 is 11.3 Å². The number of H-pyrrole nitrogens is 1. The number of hydrogen-bond acceptors (Lipinski definition) is 7. The minimum atomic E-state index is -0.888. The molecule has 0 saturated heterocycles. The van der Waals surface area contributed by atoms with Crippen molar-refractivity contribution in [3.05, 3.63) is 90.0 Å². The highest BCUT2D eigenvalue weighted by atomic mass is 32.1. The van der Waals surface area contributed by atoms with E-state index in [-0.39, 0.29) is 18.9 Å². The lowest BCUT2D eigenvalue weighted by molar-refractivity contribution is -0.127. The van der Waals surface area contributed by atoms with Crippen molar-refractivity contribution in [2.24, 2.45) is 0 Å². The maximum atomic E-state index is 13.0. The Bertz CT molecular complexity index is 1170. The third-order valence-electron chi connectivity index (χ3n) is 4.68. The van der Waals surface area contributed by atoms with Crippen molar-refractivity contribution in [1.29, 1.82) is 0 Å². The minimum absolute atomic E-state index is 0.0122. The summed E-state index contributed by atoms with van der Waals surface area (Å²) < 4.78 is 11.4. The van der Waals surface area contributed by atoms with Gasteiger partial charge in [0.15, 0.2) is 0 Å². The van der Waals surface area contributed by atoms with Gasteiger partial charge in [-0.25, -0.2) is 9.97 Å². The molecule has 0 fully saturated rings. The van der Waals surface area contributed by atoms with E-state index in [1.807, 2.05) is 35.7 Å². The normalized spacial score (nSPS) is 11.5. The van der Waals surface area contributed by atoms with Crippen LogP contribution in [-0.2, 0) is 27.4 Å². The van der Waals surface area contributed by atoms with Crippen molar-refractivity contribution in [2.45, 2.75) is 19.1 Å². The molecule has 2 aromatic heterocycles. The van der Waals surface area contributed by atoms with Crippen molar-refractivity contribution in [1.82, 2.24) is 20.3 Å². The Labute approximate surface area is 200 Å². The number of amides is 2. The minimum Gasteiger partial charge on any atom is -0.431 e. The standard InChI is InChI=1S/C24H23N5O4S/c30-22(12-19-13-25-16-27-19)29-21(15-32-14-17-4-2-1-3-5-17)23(31)28-18-6-8-20(9-7-18)33-24-26-10-11-34-24/h1-11,13,16,21H,12,14-15H2,(H,25,27)(H,28,31)(H,29,30). The van der Waals surface area contributed by atoms with Crippen LogP contribution in [0, 0.1) is 0 Å². The van der Waals surface area contributed by atoms with Crippen molar-refractivity contribution in [3.8, 4) is 10.9 Å². The third kappa shape index (κ3) is 6.99. The zero-order valence-corrected chi connectivity index (χ0v) is 19.0. The third-order valence-corrected chi connectivity index (χ3v) is 5.33. The molecule has 0 aliphatic heterocycles. The summed E-state index contributed by atoms with van der Waals surface area (Å²) in [6.07, 6.45) is 4.84. The number of anilines is 1. The molecule has 4 rings (SSSR count). The number of nitrogens with zero attached hydrogens (tertiary/aromatic N) is 2. The molecule has 34 heavy (non-hydrogen) atoms. The van der Waals surface area contributed by atoms with E-state index in [4.69, 9.17) is 9.47 Å². The summed E-state index contributed by atoms with van der Waals surface area (Å²) in [5.74, 6) is -0.122. The highest BCUT2D eigenvalue weighted by molar-refractivity contribution is 7.11. The predicted octanol–water partition coefficient (Wildman–Crippen LogP) is 3.54. The fraction of sp³-hybridized carbons (Fsp3) is 0.167. The molecule has 3 N–H and O–H groups in total. The molecule has 1 atom stereocenters. The summed E-state index contributed by atoms with van der Waals surface area (Å²) in [5, 5.41) is 7.92. The maximum absolute atomic E-state index is 13.0. The number of benzene rings is 2. The average molecular weight is 478 g/mol.